The first kappa shape index (κ1) is 20.8. The highest BCUT2D eigenvalue weighted by atomic mass is 16.5. The van der Waals surface area contributed by atoms with Gasteiger partial charge in [-0.3, -0.25) is 14.4 Å². The Kier molecular flexibility index (Phi) is 6.86. The minimum absolute atomic E-state index is 0.147. The third-order valence-electron chi connectivity index (χ3n) is 4.55. The van der Waals surface area contributed by atoms with Crippen LogP contribution in [0.4, 0.5) is 0 Å². The molecule has 2 aromatic rings. The molecular weight excluding hydrogens is 368 g/mol. The van der Waals surface area contributed by atoms with E-state index < -0.39 is 11.9 Å². The molecule has 1 N–H and O–H groups in total. The molecule has 6 nitrogen and oxygen atoms in total. The van der Waals surface area contributed by atoms with Crippen LogP contribution in [0.25, 0.3) is 10.8 Å². The zero-order valence-electron chi connectivity index (χ0n) is 16.5. The van der Waals surface area contributed by atoms with Crippen molar-refractivity contribution in [1.29, 1.82) is 0 Å². The van der Waals surface area contributed by atoms with Crippen LogP contribution in [0.1, 0.15) is 22.8 Å². The van der Waals surface area contributed by atoms with Gasteiger partial charge in [-0.15, -0.1) is 0 Å². The summed E-state index contributed by atoms with van der Waals surface area (Å²) in [5.41, 5.74) is 1.62. The smallest absolute Gasteiger partial charge is 0.325 e. The van der Waals surface area contributed by atoms with Gasteiger partial charge in [-0.1, -0.05) is 24.3 Å². The molecule has 0 heterocycles. The molecule has 0 saturated heterocycles. The molecule has 1 fully saturated rings. The molecule has 6 heteroatoms. The fraction of sp³-hybridized carbons (Fsp3) is 0.217. The molecule has 5 radical (unpaired) electrons. The van der Waals surface area contributed by atoms with Crippen LogP contribution < -0.4 is 5.32 Å². The summed E-state index contributed by atoms with van der Waals surface area (Å²) in [6.45, 7) is 1.59. The zero-order chi connectivity index (χ0) is 20.8. The van der Waals surface area contributed by atoms with Crippen LogP contribution in [0.2, 0.25) is 0 Å². The van der Waals surface area contributed by atoms with Crippen molar-refractivity contribution in [3.8, 4) is 0 Å². The van der Waals surface area contributed by atoms with Gasteiger partial charge in [0.15, 0.2) is 0 Å². The van der Waals surface area contributed by atoms with E-state index in [2.05, 4.69) is 24.2 Å². The lowest BCUT2D eigenvalue weighted by Gasteiger charge is -2.17. The van der Waals surface area contributed by atoms with Crippen molar-refractivity contribution in [3.63, 3.8) is 0 Å². The summed E-state index contributed by atoms with van der Waals surface area (Å²) in [7, 11) is 1.55. The summed E-state index contributed by atoms with van der Waals surface area (Å²) in [4.78, 5) is 37.2. The molecule has 1 aliphatic carbocycles. The molecule has 0 spiro atoms. The Labute approximate surface area is 171 Å². The van der Waals surface area contributed by atoms with E-state index in [1.807, 2.05) is 37.1 Å². The Hall–Kier alpha value is -2.89. The number of carbonyl (C=O) groups is 3. The lowest BCUT2D eigenvalue weighted by molar-refractivity contribution is -0.143. The summed E-state index contributed by atoms with van der Waals surface area (Å²) in [6, 6.07) is 11.6. The first-order valence-corrected chi connectivity index (χ1v) is 9.41. The van der Waals surface area contributed by atoms with Gasteiger partial charge >= 0.3 is 5.97 Å². The predicted molar refractivity (Wildman–Crippen MR) is 110 cm³/mol. The number of rotatable bonds is 7. The van der Waals surface area contributed by atoms with Crippen LogP contribution in [0.5, 0.6) is 0 Å². The SMILES string of the molecule is CCOC(=O)CNC(=O)CN(C)C(=O)c1ccc2cc([C]3[CH][CH][CH][CH]3)ccc2c1. The Morgan fingerprint density at radius 2 is 1.69 bits per heavy atom. The van der Waals surface area contributed by atoms with Gasteiger partial charge in [0, 0.05) is 18.5 Å². The first-order chi connectivity index (χ1) is 14.0. The lowest BCUT2D eigenvalue weighted by atomic mass is 9.94. The van der Waals surface area contributed by atoms with Gasteiger partial charge < -0.3 is 15.0 Å². The highest BCUT2D eigenvalue weighted by molar-refractivity contribution is 6.00. The van der Waals surface area contributed by atoms with Gasteiger partial charge in [0.05, 0.1) is 13.2 Å². The first-order valence-electron chi connectivity index (χ1n) is 9.41. The van der Waals surface area contributed by atoms with E-state index in [1.165, 1.54) is 4.90 Å². The number of benzene rings is 2. The fourth-order valence-electron chi connectivity index (χ4n) is 3.07. The van der Waals surface area contributed by atoms with Gasteiger partial charge in [0.1, 0.15) is 6.54 Å². The van der Waals surface area contributed by atoms with E-state index in [1.54, 1.807) is 20.0 Å². The van der Waals surface area contributed by atoms with Crippen LogP contribution >= 0.6 is 0 Å². The van der Waals surface area contributed by atoms with Crippen molar-refractivity contribution in [2.24, 2.45) is 0 Å². The second kappa shape index (κ2) is 9.54. The number of amides is 2. The molecule has 0 aromatic heterocycles. The van der Waals surface area contributed by atoms with E-state index in [0.717, 1.165) is 22.3 Å². The normalized spacial score (nSPS) is 14.0. The standard InChI is InChI=1S/C23H23N2O4/c1-3-29-22(27)14-24-21(26)15-25(2)23(28)20-11-10-18-12-17(8-9-19(18)13-20)16-6-4-5-7-16/h4-13H,3,14-15H2,1-2H3,(H,24,26). The van der Waals surface area contributed by atoms with E-state index >= 15 is 0 Å². The quantitative estimate of drug-likeness (QED) is 0.735. The number of ether oxygens (including phenoxy) is 1. The molecule has 2 aromatic carbocycles. The Bertz CT molecular complexity index is 903. The van der Waals surface area contributed by atoms with Crippen LogP contribution in [0.3, 0.4) is 0 Å². The number of likely N-dealkylation sites (N-methyl/N-ethyl adjacent to an activating group) is 1. The van der Waals surface area contributed by atoms with Gasteiger partial charge in [0.25, 0.3) is 5.91 Å². The van der Waals surface area contributed by atoms with E-state index in [0.29, 0.717) is 5.56 Å². The van der Waals surface area contributed by atoms with E-state index in [4.69, 9.17) is 4.74 Å². The van der Waals surface area contributed by atoms with Crippen molar-refractivity contribution in [3.05, 3.63) is 79.1 Å². The molecule has 3 rings (SSSR count). The molecule has 0 unspecified atom stereocenters. The second-order valence-electron chi connectivity index (χ2n) is 6.69. The molecule has 2 amide bonds. The molecule has 1 saturated carbocycles. The maximum Gasteiger partial charge on any atom is 0.325 e. The fourth-order valence-corrected chi connectivity index (χ4v) is 3.07. The van der Waals surface area contributed by atoms with E-state index in [-0.39, 0.29) is 25.6 Å². The minimum Gasteiger partial charge on any atom is -0.465 e. The van der Waals surface area contributed by atoms with Gasteiger partial charge in [0.2, 0.25) is 5.91 Å². The summed E-state index contributed by atoms with van der Waals surface area (Å²) in [6.07, 6.45) is 8.11. The van der Waals surface area contributed by atoms with Crippen molar-refractivity contribution >= 4 is 28.6 Å². The zero-order valence-corrected chi connectivity index (χ0v) is 16.5. The highest BCUT2D eigenvalue weighted by Gasteiger charge is 2.20. The summed E-state index contributed by atoms with van der Waals surface area (Å²) >= 11 is 0. The number of carbonyl (C=O) groups excluding carboxylic acids is 3. The van der Waals surface area contributed by atoms with Crippen molar-refractivity contribution in [1.82, 2.24) is 10.2 Å². The van der Waals surface area contributed by atoms with Crippen molar-refractivity contribution in [2.45, 2.75) is 6.92 Å². The second-order valence-corrected chi connectivity index (χ2v) is 6.69. The average Bonchev–Trinajstić information content (AvgIpc) is 3.26. The van der Waals surface area contributed by atoms with Crippen LogP contribution in [0.15, 0.2) is 36.4 Å². The number of hydrogen-bond donors (Lipinski definition) is 1. The van der Waals surface area contributed by atoms with Crippen LogP contribution in [0, 0.1) is 31.6 Å². The molecule has 0 aliphatic heterocycles. The van der Waals surface area contributed by atoms with Crippen LogP contribution in [-0.2, 0) is 14.3 Å². The maximum absolute atomic E-state index is 12.7. The van der Waals surface area contributed by atoms with E-state index in [9.17, 15) is 14.4 Å². The number of nitrogens with zero attached hydrogens (tertiary/aromatic N) is 1. The average molecular weight is 391 g/mol. The van der Waals surface area contributed by atoms with Crippen molar-refractivity contribution in [2.75, 3.05) is 26.7 Å². The molecule has 0 bridgehead atoms. The van der Waals surface area contributed by atoms with Crippen molar-refractivity contribution < 1.29 is 19.1 Å². The third-order valence-corrected chi connectivity index (χ3v) is 4.55. The summed E-state index contributed by atoms with van der Waals surface area (Å²) in [5.74, 6) is -0.0431. The van der Waals surface area contributed by atoms with Gasteiger partial charge in [-0.2, -0.15) is 0 Å². The maximum atomic E-state index is 12.7. The summed E-state index contributed by atoms with van der Waals surface area (Å²) in [5, 5.41) is 4.43. The minimum atomic E-state index is -0.509. The predicted octanol–water partition coefficient (Wildman–Crippen LogP) is 2.34. The topological polar surface area (TPSA) is 75.7 Å². The molecular formula is C23H23N2O4. The Morgan fingerprint density at radius 3 is 2.41 bits per heavy atom. The molecule has 149 valence electrons. The molecule has 29 heavy (non-hydrogen) atoms. The monoisotopic (exact) mass is 391 g/mol. The third kappa shape index (κ3) is 5.34. The van der Waals surface area contributed by atoms with Gasteiger partial charge in [-0.25, -0.2) is 0 Å². The lowest BCUT2D eigenvalue weighted by Crippen LogP contribution is -2.40. The number of nitrogens with one attached hydrogen (secondary N) is 1. The summed E-state index contributed by atoms with van der Waals surface area (Å²) < 4.78 is 4.75. The Morgan fingerprint density at radius 1 is 1.00 bits per heavy atom. The number of hydrogen-bond acceptors (Lipinski definition) is 4. The largest absolute Gasteiger partial charge is 0.465 e. The van der Waals surface area contributed by atoms with Gasteiger partial charge in [-0.05, 0) is 61.1 Å². The Balaban J connectivity index is 1.62. The molecule has 0 atom stereocenters. The number of fused-ring (bicyclic) bond motifs is 1. The molecule has 1 aliphatic rings. The van der Waals surface area contributed by atoms with Crippen LogP contribution in [-0.4, -0.2) is 49.4 Å². The highest BCUT2D eigenvalue weighted by Crippen LogP contribution is 2.32. The number of esters is 1.